The Morgan fingerprint density at radius 1 is 0.812 bits per heavy atom. The highest BCUT2D eigenvalue weighted by atomic mass is 32.1. The molecule has 0 rings (SSSR count). The lowest BCUT2D eigenvalue weighted by Crippen LogP contribution is -1.69. The Bertz CT molecular complexity index is 155. The topological polar surface area (TPSA) is 0 Å². The van der Waals surface area contributed by atoms with Crippen LogP contribution in [0.3, 0.4) is 0 Å². The lowest BCUT2D eigenvalue weighted by atomic mass is 10.3. The zero-order valence-corrected chi connectivity index (χ0v) is 14.2. The van der Waals surface area contributed by atoms with Crippen LogP contribution in [0.15, 0.2) is 20.3 Å². The third-order valence-corrected chi connectivity index (χ3v) is 2.91. The van der Waals surface area contributed by atoms with E-state index >= 15 is 0 Å². The lowest BCUT2D eigenvalue weighted by molar-refractivity contribution is 0.886. The highest BCUT2D eigenvalue weighted by Crippen LogP contribution is 2.03. The predicted molar refractivity (Wildman–Crippen MR) is 86.7 cm³/mol. The quantitative estimate of drug-likeness (QED) is 0.506. The van der Waals surface area contributed by atoms with E-state index in [1.165, 1.54) is 18.4 Å². The van der Waals surface area contributed by atoms with Crippen LogP contribution in [-0.4, -0.2) is 0 Å². The monoisotopic (exact) mass is 278 g/mol. The van der Waals surface area contributed by atoms with Crippen molar-refractivity contribution in [3.05, 3.63) is 20.3 Å². The fourth-order valence-electron chi connectivity index (χ4n) is 0. The van der Waals surface area contributed by atoms with Gasteiger partial charge in [-0.25, -0.2) is 9.81 Å². The molecule has 0 radical (unpaired) electrons. The molecule has 0 unspecified atom stereocenters. The molecule has 98 valence electrons. The molecule has 0 aliphatic heterocycles. The van der Waals surface area contributed by atoms with Crippen LogP contribution in [0.5, 0.6) is 0 Å². The van der Waals surface area contributed by atoms with Gasteiger partial charge < -0.3 is 25.3 Å². The Hall–Kier alpha value is 0.270. The predicted octanol–water partition coefficient (Wildman–Crippen LogP) is 5.37. The molecule has 0 N–H and O–H groups in total. The van der Waals surface area contributed by atoms with Crippen molar-refractivity contribution in [3.63, 3.8) is 0 Å². The summed E-state index contributed by atoms with van der Waals surface area (Å²) >= 11 is 13.4. The maximum atomic E-state index is 4.68. The van der Waals surface area contributed by atoms with Gasteiger partial charge in [-0.2, -0.15) is 0 Å². The van der Waals surface area contributed by atoms with E-state index in [0.717, 1.165) is 14.7 Å². The van der Waals surface area contributed by atoms with E-state index in [2.05, 4.69) is 51.7 Å². The summed E-state index contributed by atoms with van der Waals surface area (Å²) in [6, 6.07) is 0. The zero-order valence-electron chi connectivity index (χ0n) is 11.7. The number of hydrogen-bond acceptors (Lipinski definition) is 3. The fraction of sp³-hybridized carbons (Fsp3) is 0.692. The van der Waals surface area contributed by atoms with Gasteiger partial charge in [0.2, 0.25) is 0 Å². The number of rotatable bonds is 1. The fourth-order valence-corrected chi connectivity index (χ4v) is 0. The van der Waals surface area contributed by atoms with Gasteiger partial charge in [-0.1, -0.05) is 46.1 Å². The largest absolute Gasteiger partial charge is 0.786 e. The molecule has 0 atom stereocenters. The summed E-state index contributed by atoms with van der Waals surface area (Å²) in [6.07, 6.45) is 2.64. The maximum Gasteiger partial charge on any atom is -0.0229 e. The van der Waals surface area contributed by atoms with Crippen LogP contribution in [-0.2, 0) is 25.3 Å². The van der Waals surface area contributed by atoms with Crippen LogP contribution in [0.2, 0.25) is 0 Å². The molecule has 0 aliphatic rings. The molecule has 0 saturated heterocycles. The van der Waals surface area contributed by atoms with Gasteiger partial charge in [-0.05, 0) is 25.7 Å². The Kier molecular flexibility index (Phi) is 20.6. The highest BCUT2D eigenvalue weighted by Gasteiger charge is 1.76. The molecule has 0 heterocycles. The second-order valence-electron chi connectivity index (χ2n) is 3.70. The maximum absolute atomic E-state index is 4.68. The van der Waals surface area contributed by atoms with Gasteiger partial charge in [0.1, 0.15) is 0 Å². The van der Waals surface area contributed by atoms with Crippen molar-refractivity contribution in [2.24, 2.45) is 0 Å². The van der Waals surface area contributed by atoms with Crippen LogP contribution in [0, 0.1) is 0 Å². The van der Waals surface area contributed by atoms with Crippen LogP contribution in [0.25, 0.3) is 0 Å². The normalized spacial score (nSPS) is 10.0. The molecule has 0 amide bonds. The van der Waals surface area contributed by atoms with Gasteiger partial charge in [-0.15, -0.1) is 12.6 Å². The first-order chi connectivity index (χ1) is 7.20. The SMILES string of the molecule is C/C([S-])=C(\C)[S-].CC(C)=C(C)S.CCCC. The molecule has 16 heavy (non-hydrogen) atoms. The second-order valence-corrected chi connectivity index (χ2v) is 5.59. The summed E-state index contributed by atoms with van der Waals surface area (Å²) in [6.45, 7) is 14.1. The molecule has 0 aromatic rings. The first-order valence-corrected chi connectivity index (χ1v) is 6.81. The average molecular weight is 279 g/mol. The van der Waals surface area contributed by atoms with E-state index in [1.807, 2.05) is 34.6 Å². The van der Waals surface area contributed by atoms with Gasteiger partial charge in [0.25, 0.3) is 0 Å². The van der Waals surface area contributed by atoms with E-state index in [4.69, 9.17) is 0 Å². The van der Waals surface area contributed by atoms with Gasteiger partial charge >= 0.3 is 0 Å². The summed E-state index contributed by atoms with van der Waals surface area (Å²) in [4.78, 5) is 2.77. The third kappa shape index (κ3) is 29.2. The summed E-state index contributed by atoms with van der Waals surface area (Å²) in [5.74, 6) is 0. The van der Waals surface area contributed by atoms with Crippen LogP contribution in [0.1, 0.15) is 61.3 Å². The minimum absolute atomic E-state index is 0.824. The third-order valence-electron chi connectivity index (χ3n) is 1.72. The summed E-state index contributed by atoms with van der Waals surface area (Å²) in [7, 11) is 0. The van der Waals surface area contributed by atoms with Crippen molar-refractivity contribution in [2.75, 3.05) is 0 Å². The number of thiol groups is 1. The Morgan fingerprint density at radius 2 is 1.00 bits per heavy atom. The first-order valence-electron chi connectivity index (χ1n) is 5.55. The Morgan fingerprint density at radius 3 is 1.00 bits per heavy atom. The van der Waals surface area contributed by atoms with Crippen molar-refractivity contribution >= 4 is 37.9 Å². The van der Waals surface area contributed by atoms with E-state index in [0.29, 0.717) is 0 Å². The standard InChI is InChI=1S/C5H10S.C4H8S2.C4H10/c1-4(2)5(3)6;1-3(5)4(2)6;1-3-4-2/h6H,1-3H3;5-6H,1-2H3;3-4H2,1-2H3/p-2/b;4-3-;. The molecular weight excluding hydrogens is 252 g/mol. The first kappa shape index (κ1) is 21.5. The summed E-state index contributed by atoms with van der Waals surface area (Å²) < 4.78 is 0. The molecule has 0 aromatic carbocycles. The van der Waals surface area contributed by atoms with Gasteiger partial charge in [0, 0.05) is 0 Å². The molecule has 0 aliphatic carbocycles. The van der Waals surface area contributed by atoms with Gasteiger partial charge in [-0.3, -0.25) is 0 Å². The summed E-state index contributed by atoms with van der Waals surface area (Å²) in [5.41, 5.74) is 1.29. The number of unbranched alkanes of at least 4 members (excludes halogenated alkanes) is 1. The van der Waals surface area contributed by atoms with Crippen molar-refractivity contribution in [3.8, 4) is 0 Å². The van der Waals surface area contributed by atoms with Gasteiger partial charge in [0.15, 0.2) is 0 Å². The molecule has 0 aromatic heterocycles. The minimum Gasteiger partial charge on any atom is -0.786 e. The molecule has 3 heteroatoms. The number of hydrogen-bond donors (Lipinski definition) is 1. The Labute approximate surface area is 119 Å². The van der Waals surface area contributed by atoms with Crippen molar-refractivity contribution < 1.29 is 0 Å². The van der Waals surface area contributed by atoms with E-state index < -0.39 is 0 Å². The molecule has 0 bridgehead atoms. The van der Waals surface area contributed by atoms with E-state index in [-0.39, 0.29) is 0 Å². The van der Waals surface area contributed by atoms with Crippen LogP contribution >= 0.6 is 12.6 Å². The molecule has 0 saturated carbocycles. The Balaban J connectivity index is -0.000000162. The molecule has 0 nitrogen and oxygen atoms in total. The summed E-state index contributed by atoms with van der Waals surface area (Å²) in [5, 5.41) is 0. The van der Waals surface area contributed by atoms with Gasteiger partial charge in [0.05, 0.1) is 0 Å². The number of allylic oxidation sites excluding steroid dienone is 4. The minimum atomic E-state index is 0.824. The molecule has 0 spiro atoms. The molecule has 0 fully saturated rings. The van der Waals surface area contributed by atoms with Crippen LogP contribution in [0.4, 0.5) is 0 Å². The van der Waals surface area contributed by atoms with E-state index in [9.17, 15) is 0 Å². The smallest absolute Gasteiger partial charge is 0.0229 e. The zero-order chi connectivity index (χ0) is 13.7. The van der Waals surface area contributed by atoms with Crippen LogP contribution < -0.4 is 0 Å². The van der Waals surface area contributed by atoms with Crippen molar-refractivity contribution in [2.45, 2.75) is 61.3 Å². The van der Waals surface area contributed by atoms with E-state index in [1.54, 1.807) is 0 Å². The highest BCUT2D eigenvalue weighted by molar-refractivity contribution is 7.84. The van der Waals surface area contributed by atoms with Crippen molar-refractivity contribution in [1.29, 1.82) is 0 Å². The average Bonchev–Trinajstić information content (AvgIpc) is 2.18. The lowest BCUT2D eigenvalue weighted by Gasteiger charge is -2.15. The second kappa shape index (κ2) is 15.3. The molecular formula is C13H26S3-2. The van der Waals surface area contributed by atoms with Crippen molar-refractivity contribution in [1.82, 2.24) is 0 Å².